The summed E-state index contributed by atoms with van der Waals surface area (Å²) < 4.78 is 0. The summed E-state index contributed by atoms with van der Waals surface area (Å²) in [7, 11) is 0. The number of rotatable bonds is 3. The summed E-state index contributed by atoms with van der Waals surface area (Å²) in [6.45, 7) is 1.99. The number of nitriles is 2. The number of hydrogen-bond acceptors (Lipinski definition) is 9. The molecule has 0 aliphatic heterocycles. The Bertz CT molecular complexity index is 1030. The minimum absolute atomic E-state index is 0. The van der Waals surface area contributed by atoms with Crippen LogP contribution in [-0.4, -0.2) is 31.2 Å². The van der Waals surface area contributed by atoms with E-state index < -0.39 is 0 Å². The molecule has 0 saturated heterocycles. The number of aliphatic hydroxyl groups is 2. The summed E-state index contributed by atoms with van der Waals surface area (Å²) >= 11 is 0. The second kappa shape index (κ2) is 14.2. The number of aromatic nitrogens is 3. The Morgan fingerprint density at radius 1 is 0.897 bits per heavy atom. The van der Waals surface area contributed by atoms with Crippen LogP contribution in [0.1, 0.15) is 5.56 Å². The molecular weight excluding hydrogens is 555 g/mol. The Balaban J connectivity index is 0.00000100. The van der Waals surface area contributed by atoms with E-state index in [-0.39, 0.29) is 21.1 Å². The number of hydrogen-bond donors (Lipinski definition) is 2. The van der Waals surface area contributed by atoms with Crippen LogP contribution in [-0.2, 0) is 25.9 Å². The molecular formula is C19H14N6O3Pt. The largest absolute Gasteiger partial charge is 0.443 e. The van der Waals surface area contributed by atoms with Crippen molar-refractivity contribution in [3.63, 3.8) is 0 Å². The first-order valence-corrected chi connectivity index (χ1v) is 7.61. The molecule has 0 aromatic carbocycles. The molecule has 10 heteroatoms. The van der Waals surface area contributed by atoms with Gasteiger partial charge in [0.05, 0.1) is 5.69 Å². The van der Waals surface area contributed by atoms with Crippen LogP contribution in [0.2, 0.25) is 0 Å². The molecule has 3 rings (SSSR count). The third-order valence-electron chi connectivity index (χ3n) is 3.26. The Morgan fingerprint density at radius 2 is 1.52 bits per heavy atom. The Kier molecular flexibility index (Phi) is 12.3. The van der Waals surface area contributed by atoms with Gasteiger partial charge in [-0.2, -0.15) is 15.5 Å². The fraction of sp³-hybridized carbons (Fsp3) is 0.0526. The third-order valence-corrected chi connectivity index (χ3v) is 3.26. The zero-order valence-corrected chi connectivity index (χ0v) is 17.3. The smallest absolute Gasteiger partial charge is 0.283 e. The fourth-order valence-electron chi connectivity index (χ4n) is 2.29. The normalized spacial score (nSPS) is 8.10. The van der Waals surface area contributed by atoms with Gasteiger partial charge >= 0.3 is 0 Å². The monoisotopic (exact) mass is 569 g/mol. The number of aliphatic imine (C=N–C) groups is 1. The first-order valence-electron chi connectivity index (χ1n) is 7.61. The van der Waals surface area contributed by atoms with Gasteiger partial charge in [-0.3, -0.25) is 15.0 Å². The van der Waals surface area contributed by atoms with Gasteiger partial charge in [0.2, 0.25) is 6.08 Å². The topological polar surface area (TPSA) is 156 Å². The van der Waals surface area contributed by atoms with Crippen LogP contribution in [0.4, 0.5) is 5.69 Å². The molecule has 29 heavy (non-hydrogen) atoms. The fourth-order valence-corrected chi connectivity index (χ4v) is 2.29. The molecule has 0 bridgehead atoms. The molecule has 0 aliphatic carbocycles. The molecule has 0 spiro atoms. The maximum atomic E-state index is 10.6. The van der Waals surface area contributed by atoms with Crippen LogP contribution in [0, 0.1) is 30.0 Å². The summed E-state index contributed by atoms with van der Waals surface area (Å²) in [6.07, 6.45) is 8.14. The van der Waals surface area contributed by atoms with Crippen LogP contribution in [0.5, 0.6) is 0 Å². The van der Waals surface area contributed by atoms with Crippen LogP contribution < -0.4 is 0 Å². The van der Waals surface area contributed by atoms with E-state index in [4.69, 9.17) is 20.7 Å². The number of aliphatic hydroxyl groups excluding tert-OH is 2. The van der Waals surface area contributed by atoms with Crippen LogP contribution in [0.3, 0.4) is 0 Å². The SMILES string of the molecule is Cc1ccnc(-c2ncccc2N=C=O)c1-c1ccccn1.N#CO.N#CO.[Pt]. The van der Waals surface area contributed by atoms with E-state index in [2.05, 4.69) is 19.9 Å². The average molecular weight is 569 g/mol. The van der Waals surface area contributed by atoms with Gasteiger partial charge in [0.15, 0.2) is 0 Å². The Morgan fingerprint density at radius 3 is 2.10 bits per heavy atom. The number of isocyanates is 1. The predicted molar refractivity (Wildman–Crippen MR) is 98.3 cm³/mol. The number of aryl methyl sites for hydroxylation is 1. The molecule has 3 heterocycles. The third kappa shape index (κ3) is 7.32. The van der Waals surface area contributed by atoms with Crippen molar-refractivity contribution in [1.29, 1.82) is 10.5 Å². The number of carbonyl (C=O) groups excluding carboxylic acids is 1. The average Bonchev–Trinajstić information content (AvgIpc) is 2.70. The predicted octanol–water partition coefficient (Wildman–Crippen LogP) is 3.16. The van der Waals surface area contributed by atoms with Crippen molar-refractivity contribution in [2.45, 2.75) is 6.92 Å². The summed E-state index contributed by atoms with van der Waals surface area (Å²) in [5.74, 6) is 0. The van der Waals surface area contributed by atoms with Gasteiger partial charge in [0.1, 0.15) is 17.1 Å². The van der Waals surface area contributed by atoms with Crippen molar-refractivity contribution in [1.82, 2.24) is 15.0 Å². The van der Waals surface area contributed by atoms with Gasteiger partial charge in [0.25, 0.3) is 12.5 Å². The molecule has 0 fully saturated rings. The van der Waals surface area contributed by atoms with E-state index in [1.54, 1.807) is 36.8 Å². The molecule has 0 radical (unpaired) electrons. The Hall–Kier alpha value is -3.90. The minimum atomic E-state index is 0. The van der Waals surface area contributed by atoms with Crippen molar-refractivity contribution in [3.05, 3.63) is 60.6 Å². The standard InChI is InChI=1S/C17H12N4O.2CHNO.Pt/c1-12-7-10-20-17(15(12)13-5-2-3-8-18-13)16-14(21-11-22)6-4-9-19-16;2*2-1-3;/h2-10H,1H3;2*3H;. The van der Waals surface area contributed by atoms with Gasteiger partial charge in [-0.15, -0.1) is 0 Å². The van der Waals surface area contributed by atoms with E-state index in [0.717, 1.165) is 29.3 Å². The summed E-state index contributed by atoms with van der Waals surface area (Å²) in [5.41, 5.74) is 4.32. The van der Waals surface area contributed by atoms with Crippen LogP contribution in [0.15, 0.2) is 60.0 Å². The first kappa shape index (κ1) is 25.1. The molecule has 3 aromatic heterocycles. The van der Waals surface area contributed by atoms with Gasteiger partial charge in [-0.1, -0.05) is 6.07 Å². The van der Waals surface area contributed by atoms with Crippen LogP contribution >= 0.6 is 0 Å². The quantitative estimate of drug-likeness (QED) is 0.277. The molecule has 0 atom stereocenters. The van der Waals surface area contributed by atoms with Crippen molar-refractivity contribution in [3.8, 4) is 35.2 Å². The maximum Gasteiger partial charge on any atom is 0.283 e. The molecule has 0 aliphatic rings. The molecule has 0 unspecified atom stereocenters. The molecule has 2 N–H and O–H groups in total. The van der Waals surface area contributed by atoms with Gasteiger partial charge < -0.3 is 10.2 Å². The van der Waals surface area contributed by atoms with Gasteiger partial charge in [-0.05, 0) is 42.8 Å². The van der Waals surface area contributed by atoms with Crippen molar-refractivity contribution in [2.24, 2.45) is 4.99 Å². The molecule has 148 valence electrons. The number of pyridine rings is 3. The van der Waals surface area contributed by atoms with Crippen molar-refractivity contribution < 1.29 is 36.1 Å². The van der Waals surface area contributed by atoms with Gasteiger partial charge in [-0.25, -0.2) is 4.79 Å². The summed E-state index contributed by atoms with van der Waals surface area (Å²) in [6, 6.07) is 11.0. The van der Waals surface area contributed by atoms with Crippen molar-refractivity contribution in [2.75, 3.05) is 0 Å². The van der Waals surface area contributed by atoms with E-state index in [9.17, 15) is 4.79 Å². The Labute approximate surface area is 180 Å². The number of nitrogens with zero attached hydrogens (tertiary/aromatic N) is 6. The van der Waals surface area contributed by atoms with Gasteiger partial charge in [0, 0.05) is 45.2 Å². The molecule has 3 aromatic rings. The molecule has 9 nitrogen and oxygen atoms in total. The van der Waals surface area contributed by atoms with E-state index in [1.807, 2.05) is 31.2 Å². The van der Waals surface area contributed by atoms with Crippen molar-refractivity contribution >= 4 is 11.8 Å². The summed E-state index contributed by atoms with van der Waals surface area (Å²) in [5, 5.41) is 27.5. The van der Waals surface area contributed by atoms with E-state index in [0.29, 0.717) is 17.1 Å². The maximum absolute atomic E-state index is 10.6. The zero-order valence-electron chi connectivity index (χ0n) is 15.0. The van der Waals surface area contributed by atoms with E-state index in [1.165, 1.54) is 0 Å². The molecule has 0 amide bonds. The van der Waals surface area contributed by atoms with E-state index >= 15 is 0 Å². The van der Waals surface area contributed by atoms with Crippen LogP contribution in [0.25, 0.3) is 22.6 Å². The molecule has 0 saturated carbocycles. The minimum Gasteiger partial charge on any atom is -0.443 e. The zero-order chi connectivity index (χ0) is 20.8. The first-order chi connectivity index (χ1) is 13.6. The summed E-state index contributed by atoms with van der Waals surface area (Å²) in [4.78, 5) is 27.5. The second-order valence-electron chi connectivity index (χ2n) is 4.84. The second-order valence-corrected chi connectivity index (χ2v) is 4.84.